The predicted octanol–water partition coefficient (Wildman–Crippen LogP) is 5.60. The molecule has 3 aliphatic heterocycles. The van der Waals surface area contributed by atoms with Gasteiger partial charge in [0, 0.05) is 29.2 Å². The summed E-state index contributed by atoms with van der Waals surface area (Å²) in [6.07, 6.45) is 11.1. The van der Waals surface area contributed by atoms with Crippen LogP contribution in [-0.4, -0.2) is 30.7 Å². The van der Waals surface area contributed by atoms with Crippen LogP contribution in [0.1, 0.15) is 27.6 Å². The summed E-state index contributed by atoms with van der Waals surface area (Å²) in [7, 11) is 0. The van der Waals surface area contributed by atoms with Crippen molar-refractivity contribution >= 4 is 65.3 Å². The topological polar surface area (TPSA) is 56.3 Å². The number of H-pyrrole nitrogens is 2. The molecule has 8 bridgehead atoms. The van der Waals surface area contributed by atoms with E-state index in [1.165, 1.54) is 0 Å². The summed E-state index contributed by atoms with van der Waals surface area (Å²) < 4.78 is -0.533. The lowest BCUT2D eigenvalue weighted by Gasteiger charge is -2.23. The Kier molecular flexibility index (Phi) is 4.29. The molecule has 2 N–H and O–H groups in total. The number of aromatic amines is 2. The average Bonchev–Trinajstić information content (AvgIpc) is 3.42. The summed E-state index contributed by atoms with van der Waals surface area (Å²) in [6.45, 7) is 0. The Morgan fingerprint density at radius 1 is 0.963 bits per heavy atom. The molecular weight excluding hydrogens is 536 g/mol. The Morgan fingerprint density at radius 2 is 1.78 bits per heavy atom. The molecule has 0 aliphatic carbocycles. The van der Waals surface area contributed by atoms with Crippen molar-refractivity contribution < 1.29 is 0 Å². The fourth-order valence-electron chi connectivity index (χ4n) is 3.46. The molecular formula is C20H15Br3N4. The maximum atomic E-state index is 4.94. The van der Waals surface area contributed by atoms with E-state index in [4.69, 9.17) is 9.98 Å². The number of nitrogens with one attached hydrogen (secondary N) is 2. The molecule has 0 saturated heterocycles. The summed E-state index contributed by atoms with van der Waals surface area (Å²) in [5.74, 6) is 0. The Bertz CT molecular complexity index is 1070. The number of hydrogen-bond acceptors (Lipinski definition) is 2. The second-order valence-corrected chi connectivity index (χ2v) is 9.92. The van der Waals surface area contributed by atoms with Crippen LogP contribution in [0.25, 0.3) is 6.08 Å². The molecule has 27 heavy (non-hydrogen) atoms. The molecule has 0 saturated carbocycles. The number of rotatable bonds is 0. The van der Waals surface area contributed by atoms with Crippen LogP contribution in [0.2, 0.25) is 0 Å². The largest absolute Gasteiger partial charge is 0.361 e. The van der Waals surface area contributed by atoms with Crippen LogP contribution in [0.5, 0.6) is 0 Å². The lowest BCUT2D eigenvalue weighted by molar-refractivity contribution is 0.750. The first kappa shape index (κ1) is 17.6. The lowest BCUT2D eigenvalue weighted by atomic mass is 10.1. The van der Waals surface area contributed by atoms with Gasteiger partial charge in [0.25, 0.3) is 0 Å². The van der Waals surface area contributed by atoms with Gasteiger partial charge in [-0.2, -0.15) is 0 Å². The van der Waals surface area contributed by atoms with Crippen molar-refractivity contribution in [2.24, 2.45) is 9.98 Å². The number of allylic oxidation sites excluding steroid dienone is 3. The van der Waals surface area contributed by atoms with E-state index in [2.05, 4.69) is 100 Å². The van der Waals surface area contributed by atoms with Gasteiger partial charge in [-0.1, -0.05) is 47.8 Å². The van der Waals surface area contributed by atoms with Crippen molar-refractivity contribution in [3.05, 3.63) is 77.0 Å². The number of alkyl halides is 3. The third-order valence-electron chi connectivity index (χ3n) is 4.84. The summed E-state index contributed by atoms with van der Waals surface area (Å²) in [4.78, 5) is 16.6. The number of aliphatic imine (C=N–C) groups is 2. The van der Waals surface area contributed by atoms with Crippen LogP contribution in [0.3, 0.4) is 0 Å². The molecule has 5 heterocycles. The van der Waals surface area contributed by atoms with Crippen LogP contribution in [0.15, 0.2) is 64.3 Å². The third-order valence-corrected chi connectivity index (χ3v) is 8.48. The Hall–Kier alpha value is -1.44. The maximum absolute atomic E-state index is 4.94. The summed E-state index contributed by atoms with van der Waals surface area (Å²) in [5, 5.41) is 0. The van der Waals surface area contributed by atoms with Gasteiger partial charge in [-0.05, 0) is 54.6 Å². The number of hydrogen-bond donors (Lipinski definition) is 2. The van der Waals surface area contributed by atoms with Gasteiger partial charge in [0.15, 0.2) is 4.45 Å². The molecule has 2 aromatic heterocycles. The maximum Gasteiger partial charge on any atom is 0.152 e. The van der Waals surface area contributed by atoms with Crippen molar-refractivity contribution in [2.45, 2.75) is 20.5 Å². The molecule has 0 radical (unpaired) electrons. The molecule has 7 heteroatoms. The van der Waals surface area contributed by atoms with Crippen molar-refractivity contribution in [3.8, 4) is 0 Å². The van der Waals surface area contributed by atoms with E-state index < -0.39 is 4.45 Å². The monoisotopic (exact) mass is 548 g/mol. The second-order valence-electron chi connectivity index (χ2n) is 6.82. The summed E-state index contributed by atoms with van der Waals surface area (Å²) >= 11 is 11.4. The Morgan fingerprint density at radius 3 is 2.67 bits per heavy atom. The number of fused-ring (bicyclic) bond motifs is 6. The zero-order valence-electron chi connectivity index (χ0n) is 14.1. The quantitative estimate of drug-likeness (QED) is 0.317. The average molecular weight is 551 g/mol. The molecule has 3 atom stereocenters. The highest BCUT2D eigenvalue weighted by Gasteiger charge is 2.38. The van der Waals surface area contributed by atoms with Crippen LogP contribution >= 0.6 is 47.8 Å². The van der Waals surface area contributed by atoms with Crippen molar-refractivity contribution in [3.63, 3.8) is 0 Å². The van der Waals surface area contributed by atoms with Crippen molar-refractivity contribution in [1.29, 1.82) is 0 Å². The SMILES string of the molecule is BrC1C2=NC(=Cc3ccc([nH]3)Cc3ccc([nH]3)C(Br)C3(Br)C=CC1=N3)C=C2. The van der Waals surface area contributed by atoms with Gasteiger partial charge in [0.05, 0.1) is 26.8 Å². The normalized spacial score (nSPS) is 28.9. The van der Waals surface area contributed by atoms with Gasteiger partial charge < -0.3 is 9.97 Å². The van der Waals surface area contributed by atoms with Gasteiger partial charge in [-0.15, -0.1) is 0 Å². The number of nitrogens with zero attached hydrogens (tertiary/aromatic N) is 2. The van der Waals surface area contributed by atoms with Gasteiger partial charge in [0.1, 0.15) is 0 Å². The van der Waals surface area contributed by atoms with Gasteiger partial charge in [-0.25, -0.2) is 0 Å². The molecule has 4 nitrogen and oxygen atoms in total. The summed E-state index contributed by atoms with van der Waals surface area (Å²) in [6, 6.07) is 8.45. The van der Waals surface area contributed by atoms with Gasteiger partial charge >= 0.3 is 0 Å². The molecule has 2 aromatic rings. The third kappa shape index (κ3) is 3.19. The van der Waals surface area contributed by atoms with Crippen LogP contribution in [-0.2, 0) is 6.42 Å². The van der Waals surface area contributed by atoms with Crippen molar-refractivity contribution in [2.75, 3.05) is 0 Å². The Balaban J connectivity index is 1.62. The Labute approximate surface area is 182 Å². The smallest absolute Gasteiger partial charge is 0.152 e. The minimum atomic E-state index is -0.533. The van der Waals surface area contributed by atoms with E-state index in [1.54, 1.807) is 0 Å². The van der Waals surface area contributed by atoms with Crippen molar-refractivity contribution in [1.82, 2.24) is 9.97 Å². The first-order valence-electron chi connectivity index (χ1n) is 8.60. The zero-order chi connectivity index (χ0) is 18.6. The molecule has 0 amide bonds. The van der Waals surface area contributed by atoms with Gasteiger partial charge in [-0.3, -0.25) is 9.98 Å². The minimum Gasteiger partial charge on any atom is -0.361 e. The lowest BCUT2D eigenvalue weighted by Crippen LogP contribution is -2.23. The van der Waals surface area contributed by atoms with Crippen LogP contribution < -0.4 is 0 Å². The second kappa shape index (κ2) is 6.57. The molecule has 136 valence electrons. The zero-order valence-corrected chi connectivity index (χ0v) is 18.8. The van der Waals surface area contributed by atoms with E-state index in [0.717, 1.165) is 46.3 Å². The molecule has 0 aromatic carbocycles. The molecule has 0 fully saturated rings. The number of halogens is 3. The minimum absolute atomic E-state index is 0.0178. The van der Waals surface area contributed by atoms with E-state index in [1.807, 2.05) is 12.2 Å². The van der Waals surface area contributed by atoms with Crippen LogP contribution in [0.4, 0.5) is 0 Å². The molecule has 0 spiro atoms. The highest BCUT2D eigenvalue weighted by Crippen LogP contribution is 2.45. The van der Waals surface area contributed by atoms with Crippen LogP contribution in [0, 0.1) is 0 Å². The van der Waals surface area contributed by atoms with Gasteiger partial charge in [0.2, 0.25) is 0 Å². The highest BCUT2D eigenvalue weighted by molar-refractivity contribution is 9.12. The first-order chi connectivity index (χ1) is 13.0. The van der Waals surface area contributed by atoms with E-state index in [9.17, 15) is 0 Å². The standard InChI is InChI=1S/C20H15Br3N4/c21-18-15-5-3-13(25-15)9-11-1-2-12(24-11)10-14-4-6-17(26-14)19(22)20(23)8-7-16(18)27-20/h1-9,18-19,24,26H,10H2. The first-order valence-corrected chi connectivity index (χ1v) is 11.2. The molecule has 3 unspecified atom stereocenters. The number of aromatic nitrogens is 2. The highest BCUT2D eigenvalue weighted by atomic mass is 79.9. The van der Waals surface area contributed by atoms with E-state index >= 15 is 0 Å². The molecule has 3 aliphatic rings. The molecule has 5 rings (SSSR count). The fourth-order valence-corrected chi connectivity index (χ4v) is 5.08. The predicted molar refractivity (Wildman–Crippen MR) is 122 cm³/mol. The fraction of sp³-hybridized carbons (Fsp3) is 0.200. The van der Waals surface area contributed by atoms with E-state index in [-0.39, 0.29) is 9.65 Å². The van der Waals surface area contributed by atoms with E-state index in [0.29, 0.717) is 0 Å². The summed E-state index contributed by atoms with van der Waals surface area (Å²) in [5.41, 5.74) is 7.29.